The Bertz CT molecular complexity index is 1420. The van der Waals surface area contributed by atoms with Gasteiger partial charge in [-0.2, -0.15) is 0 Å². The number of hydrogen-bond donors (Lipinski definition) is 2. The van der Waals surface area contributed by atoms with Crippen molar-refractivity contribution in [1.82, 2.24) is 19.8 Å². The molecule has 1 amide bonds. The number of H-pyrrole nitrogens is 1. The van der Waals surface area contributed by atoms with Gasteiger partial charge in [0.2, 0.25) is 5.95 Å². The quantitative estimate of drug-likeness (QED) is 0.208. The number of likely N-dealkylation sites (N-methyl/N-ethyl adjacent to an activating group) is 1. The molecular weight excluding hydrogens is 510 g/mol. The number of aromatic amines is 1. The molecule has 3 aromatic carbocycles. The van der Waals surface area contributed by atoms with Gasteiger partial charge in [-0.25, -0.2) is 4.98 Å². The molecule has 0 aliphatic carbocycles. The van der Waals surface area contributed by atoms with Crippen molar-refractivity contribution in [3.05, 3.63) is 102 Å². The van der Waals surface area contributed by atoms with Crippen molar-refractivity contribution in [3.63, 3.8) is 0 Å². The number of nitrogens with one attached hydrogen (secondary N) is 2. The van der Waals surface area contributed by atoms with Crippen molar-refractivity contribution < 1.29 is 9.53 Å². The first-order valence-electron chi connectivity index (χ1n) is 14.6. The number of aromatic nitrogens is 2. The Balaban J connectivity index is 1.18. The number of rotatable bonds is 12. The molecule has 1 aliphatic heterocycles. The van der Waals surface area contributed by atoms with E-state index in [-0.39, 0.29) is 11.8 Å². The van der Waals surface area contributed by atoms with E-state index in [0.29, 0.717) is 12.6 Å². The van der Waals surface area contributed by atoms with Crippen LogP contribution in [-0.2, 0) is 6.42 Å². The summed E-state index contributed by atoms with van der Waals surface area (Å²) in [4.78, 5) is 25.8. The second-order valence-electron chi connectivity index (χ2n) is 11.0. The van der Waals surface area contributed by atoms with E-state index in [0.717, 1.165) is 73.6 Å². The first kappa shape index (κ1) is 28.4. The molecule has 7 nitrogen and oxygen atoms in total. The van der Waals surface area contributed by atoms with Gasteiger partial charge in [-0.15, -0.1) is 6.58 Å². The molecule has 0 radical (unpaired) electrons. The summed E-state index contributed by atoms with van der Waals surface area (Å²) in [6.07, 6.45) is 5.84. The van der Waals surface area contributed by atoms with Crippen molar-refractivity contribution >= 4 is 22.9 Å². The Morgan fingerprint density at radius 2 is 1.88 bits per heavy atom. The van der Waals surface area contributed by atoms with Crippen LogP contribution in [0, 0.1) is 0 Å². The summed E-state index contributed by atoms with van der Waals surface area (Å²) in [6.45, 7) is 7.60. The van der Waals surface area contributed by atoms with E-state index in [4.69, 9.17) is 9.72 Å². The highest BCUT2D eigenvalue weighted by molar-refractivity contribution is 5.94. The zero-order valence-electron chi connectivity index (χ0n) is 24.2. The van der Waals surface area contributed by atoms with Crippen LogP contribution in [0.25, 0.3) is 11.0 Å². The van der Waals surface area contributed by atoms with Crippen LogP contribution < -0.4 is 10.1 Å². The van der Waals surface area contributed by atoms with Gasteiger partial charge in [0.25, 0.3) is 5.91 Å². The van der Waals surface area contributed by atoms with Crippen molar-refractivity contribution in [1.29, 1.82) is 0 Å². The molecule has 214 valence electrons. The van der Waals surface area contributed by atoms with E-state index in [1.807, 2.05) is 60.5 Å². The number of likely N-dealkylation sites (tertiary alicyclic amines) is 1. The van der Waals surface area contributed by atoms with Gasteiger partial charge >= 0.3 is 0 Å². The third kappa shape index (κ3) is 7.16. The number of carbonyl (C=O) groups is 1. The van der Waals surface area contributed by atoms with Gasteiger partial charge in [0, 0.05) is 44.2 Å². The van der Waals surface area contributed by atoms with Gasteiger partial charge in [0.15, 0.2) is 0 Å². The number of benzene rings is 3. The molecule has 7 heteroatoms. The zero-order chi connectivity index (χ0) is 28.6. The number of carbonyl (C=O) groups excluding carboxylic acids is 1. The number of allylic oxidation sites excluding steroid dienone is 1. The maximum absolute atomic E-state index is 13.1. The van der Waals surface area contributed by atoms with Crippen LogP contribution in [0.5, 0.6) is 5.75 Å². The van der Waals surface area contributed by atoms with Crippen LogP contribution in [0.1, 0.15) is 46.7 Å². The van der Waals surface area contributed by atoms with E-state index in [1.54, 1.807) is 7.11 Å². The summed E-state index contributed by atoms with van der Waals surface area (Å²) in [6, 6.07) is 24.5. The molecule has 1 saturated heterocycles. The molecular formula is C34H41N5O2. The molecule has 0 bridgehead atoms. The topological polar surface area (TPSA) is 73.5 Å². The van der Waals surface area contributed by atoms with E-state index in [9.17, 15) is 4.79 Å². The number of hydrogen-bond acceptors (Lipinski definition) is 5. The second-order valence-corrected chi connectivity index (χ2v) is 11.0. The molecule has 1 aliphatic rings. The number of ether oxygens (including phenoxy) is 1. The maximum atomic E-state index is 13.1. The first-order valence-corrected chi connectivity index (χ1v) is 14.6. The van der Waals surface area contributed by atoms with Gasteiger partial charge < -0.3 is 24.8 Å². The average molecular weight is 552 g/mol. The maximum Gasteiger partial charge on any atom is 0.253 e. The molecule has 1 unspecified atom stereocenters. The number of piperidine rings is 1. The summed E-state index contributed by atoms with van der Waals surface area (Å²) in [5, 5.41) is 3.64. The molecule has 5 rings (SSSR count). The zero-order valence-corrected chi connectivity index (χ0v) is 24.2. The highest BCUT2D eigenvalue weighted by Crippen LogP contribution is 2.26. The summed E-state index contributed by atoms with van der Waals surface area (Å²) >= 11 is 0. The van der Waals surface area contributed by atoms with E-state index in [2.05, 4.69) is 52.1 Å². The summed E-state index contributed by atoms with van der Waals surface area (Å²) in [7, 11) is 3.59. The Morgan fingerprint density at radius 1 is 1.12 bits per heavy atom. The minimum Gasteiger partial charge on any atom is -0.497 e. The predicted octanol–water partition coefficient (Wildman–Crippen LogP) is 6.12. The number of fused-ring (bicyclic) bond motifs is 1. The van der Waals surface area contributed by atoms with Gasteiger partial charge in [0.1, 0.15) is 5.75 Å². The van der Waals surface area contributed by atoms with Crippen LogP contribution in [0.2, 0.25) is 0 Å². The highest BCUT2D eigenvalue weighted by Gasteiger charge is 2.23. The van der Waals surface area contributed by atoms with Gasteiger partial charge in [-0.3, -0.25) is 4.79 Å². The minimum absolute atomic E-state index is 0.0539. The van der Waals surface area contributed by atoms with E-state index < -0.39 is 0 Å². The van der Waals surface area contributed by atoms with Gasteiger partial charge in [0.05, 0.1) is 18.1 Å². The smallest absolute Gasteiger partial charge is 0.253 e. The minimum atomic E-state index is 0.0539. The fourth-order valence-corrected chi connectivity index (χ4v) is 5.77. The Hall–Kier alpha value is -4.10. The SMILES string of the molecule is C=CCc1cccc2[nH]c(NC3CCN(CCC(CN(C)C(=O)c4ccccc4)c4ccc(OC)cc4)CC3)nc12. The van der Waals surface area contributed by atoms with Crippen LogP contribution in [-0.4, -0.2) is 72.1 Å². The second kappa shape index (κ2) is 13.5. The third-order valence-corrected chi connectivity index (χ3v) is 8.13. The molecule has 4 aromatic rings. The monoisotopic (exact) mass is 551 g/mol. The molecule has 2 N–H and O–H groups in total. The highest BCUT2D eigenvalue weighted by atomic mass is 16.5. The van der Waals surface area contributed by atoms with E-state index >= 15 is 0 Å². The van der Waals surface area contributed by atoms with Gasteiger partial charge in [-0.05, 0) is 73.7 Å². The molecule has 1 aromatic heterocycles. The molecule has 1 atom stereocenters. The van der Waals surface area contributed by atoms with Crippen LogP contribution >= 0.6 is 0 Å². The molecule has 1 fully saturated rings. The third-order valence-electron chi connectivity index (χ3n) is 8.13. The van der Waals surface area contributed by atoms with Crippen molar-refractivity contribution in [2.45, 2.75) is 37.6 Å². The van der Waals surface area contributed by atoms with Crippen molar-refractivity contribution in [2.24, 2.45) is 0 Å². The van der Waals surface area contributed by atoms with Gasteiger partial charge in [-0.1, -0.05) is 48.5 Å². The van der Waals surface area contributed by atoms with Crippen LogP contribution in [0.3, 0.4) is 0 Å². The number of methoxy groups -OCH3 is 1. The predicted molar refractivity (Wildman–Crippen MR) is 167 cm³/mol. The van der Waals surface area contributed by atoms with Crippen molar-refractivity contribution in [3.8, 4) is 5.75 Å². The average Bonchev–Trinajstić information content (AvgIpc) is 3.43. The van der Waals surface area contributed by atoms with Crippen molar-refractivity contribution in [2.75, 3.05) is 45.7 Å². The molecule has 41 heavy (non-hydrogen) atoms. The lowest BCUT2D eigenvalue weighted by atomic mass is 9.94. The number of imidazole rings is 1. The number of anilines is 1. The Morgan fingerprint density at radius 3 is 2.59 bits per heavy atom. The lowest BCUT2D eigenvalue weighted by Crippen LogP contribution is -2.40. The number of nitrogens with zero attached hydrogens (tertiary/aromatic N) is 3. The molecule has 0 saturated carbocycles. The summed E-state index contributed by atoms with van der Waals surface area (Å²) < 4.78 is 5.38. The number of para-hydroxylation sites is 1. The standard InChI is InChI=1S/C34H41N5O2/c1-4-9-26-12-8-13-31-32(26)37-34(36-31)35-29-19-22-39(23-20-29)21-18-28(25-14-16-30(41-3)17-15-25)24-38(2)33(40)27-10-6-5-7-11-27/h4-8,10-17,28-29H,1,9,18-24H2,2-3H3,(H2,35,36,37). The lowest BCUT2D eigenvalue weighted by Gasteiger charge is -2.33. The Kier molecular flexibility index (Phi) is 9.36. The fourth-order valence-electron chi connectivity index (χ4n) is 5.77. The Labute approximate surface area is 243 Å². The number of amides is 1. The van der Waals surface area contributed by atoms with Crippen LogP contribution in [0.4, 0.5) is 5.95 Å². The molecule has 2 heterocycles. The first-order chi connectivity index (χ1) is 20.0. The van der Waals surface area contributed by atoms with E-state index in [1.165, 1.54) is 11.1 Å². The summed E-state index contributed by atoms with van der Waals surface area (Å²) in [5.74, 6) is 1.98. The fraction of sp³-hybridized carbons (Fsp3) is 0.353. The summed E-state index contributed by atoms with van der Waals surface area (Å²) in [5.41, 5.74) is 5.23. The van der Waals surface area contributed by atoms with Crippen LogP contribution in [0.15, 0.2) is 85.5 Å². The normalized spacial score (nSPS) is 15.0. The molecule has 0 spiro atoms. The lowest BCUT2D eigenvalue weighted by molar-refractivity contribution is 0.0782. The largest absolute Gasteiger partial charge is 0.497 e.